The number of amides is 1. The van der Waals surface area contributed by atoms with Gasteiger partial charge in [-0.05, 0) is 50.3 Å². The molecule has 0 bridgehead atoms. The lowest BCUT2D eigenvalue weighted by atomic mass is 9.96. The molecule has 19 heavy (non-hydrogen) atoms. The lowest BCUT2D eigenvalue weighted by molar-refractivity contribution is -0.116. The van der Waals surface area contributed by atoms with E-state index in [9.17, 15) is 4.79 Å². The van der Waals surface area contributed by atoms with Crippen molar-refractivity contribution in [3.8, 4) is 0 Å². The first-order valence-corrected chi connectivity index (χ1v) is 6.93. The zero-order valence-electron chi connectivity index (χ0n) is 11.4. The van der Waals surface area contributed by atoms with Crippen LogP contribution < -0.4 is 11.1 Å². The Labute approximate surface area is 114 Å². The van der Waals surface area contributed by atoms with E-state index in [1.807, 2.05) is 25.1 Å². The van der Waals surface area contributed by atoms with Gasteiger partial charge in [0.05, 0.1) is 6.10 Å². The average molecular weight is 262 g/mol. The van der Waals surface area contributed by atoms with Crippen molar-refractivity contribution in [2.45, 2.75) is 45.1 Å². The van der Waals surface area contributed by atoms with E-state index in [0.29, 0.717) is 24.8 Å². The zero-order chi connectivity index (χ0) is 13.7. The summed E-state index contributed by atoms with van der Waals surface area (Å²) in [6.07, 6.45) is 5.33. The lowest BCUT2D eigenvalue weighted by Crippen LogP contribution is -2.22. The monoisotopic (exact) mass is 262 g/mol. The van der Waals surface area contributed by atoms with E-state index in [1.165, 1.54) is 19.3 Å². The van der Waals surface area contributed by atoms with Crippen LogP contribution in [0.2, 0.25) is 0 Å². The topological polar surface area (TPSA) is 64.3 Å². The van der Waals surface area contributed by atoms with E-state index in [0.717, 1.165) is 17.7 Å². The third-order valence-corrected chi connectivity index (χ3v) is 3.60. The molecule has 104 valence electrons. The maximum atomic E-state index is 11.8. The number of nitrogens with one attached hydrogen (secondary N) is 1. The van der Waals surface area contributed by atoms with Gasteiger partial charge >= 0.3 is 0 Å². The Morgan fingerprint density at radius 3 is 2.95 bits per heavy atom. The second-order valence-corrected chi connectivity index (χ2v) is 5.10. The van der Waals surface area contributed by atoms with Gasteiger partial charge in [0.15, 0.2) is 0 Å². The highest BCUT2D eigenvalue weighted by Crippen LogP contribution is 2.22. The lowest BCUT2D eigenvalue weighted by Gasteiger charge is -2.25. The molecule has 1 fully saturated rings. The van der Waals surface area contributed by atoms with Crippen LogP contribution in [0.25, 0.3) is 0 Å². The Hall–Kier alpha value is -1.55. The summed E-state index contributed by atoms with van der Waals surface area (Å²) in [6, 6.07) is 5.55. The quantitative estimate of drug-likeness (QED) is 0.612. The van der Waals surface area contributed by atoms with Crippen molar-refractivity contribution in [1.82, 2.24) is 0 Å². The van der Waals surface area contributed by atoms with Gasteiger partial charge in [-0.2, -0.15) is 0 Å². The van der Waals surface area contributed by atoms with Gasteiger partial charge in [-0.25, -0.2) is 0 Å². The van der Waals surface area contributed by atoms with Gasteiger partial charge in [-0.1, -0.05) is 6.07 Å². The molecule has 3 N–H and O–H groups in total. The number of carbonyl (C=O) groups excluding carboxylic acids is 1. The number of carbonyl (C=O) groups is 1. The molecule has 1 aliphatic carbocycles. The summed E-state index contributed by atoms with van der Waals surface area (Å²) >= 11 is 0. The minimum absolute atomic E-state index is 0.0194. The van der Waals surface area contributed by atoms with Gasteiger partial charge in [0.2, 0.25) is 5.91 Å². The van der Waals surface area contributed by atoms with E-state index >= 15 is 0 Å². The molecule has 0 unspecified atom stereocenters. The van der Waals surface area contributed by atoms with E-state index in [2.05, 4.69) is 5.32 Å². The Morgan fingerprint density at radius 1 is 1.47 bits per heavy atom. The summed E-state index contributed by atoms with van der Waals surface area (Å²) in [4.78, 5) is 11.8. The Kier molecular flexibility index (Phi) is 4.80. The first-order chi connectivity index (χ1) is 9.16. The van der Waals surface area contributed by atoms with Crippen LogP contribution in [-0.4, -0.2) is 18.6 Å². The SMILES string of the molecule is Cc1c(N)cccc1NC(=O)CCCOC1CCC1. The summed E-state index contributed by atoms with van der Waals surface area (Å²) in [5.74, 6) is 0.0194. The molecule has 1 aliphatic rings. The highest BCUT2D eigenvalue weighted by atomic mass is 16.5. The number of anilines is 2. The van der Waals surface area contributed by atoms with Crippen LogP contribution in [0.3, 0.4) is 0 Å². The molecular weight excluding hydrogens is 240 g/mol. The standard InChI is InChI=1S/C15H22N2O2/c1-11-13(16)7-3-8-14(11)17-15(18)9-4-10-19-12-5-2-6-12/h3,7-8,12H,2,4-6,9-10,16H2,1H3,(H,17,18). The van der Waals surface area contributed by atoms with Crippen molar-refractivity contribution in [2.24, 2.45) is 0 Å². The number of hydrogen-bond acceptors (Lipinski definition) is 3. The largest absolute Gasteiger partial charge is 0.398 e. The summed E-state index contributed by atoms with van der Waals surface area (Å²) in [7, 11) is 0. The van der Waals surface area contributed by atoms with Gasteiger partial charge in [0.25, 0.3) is 0 Å². The van der Waals surface area contributed by atoms with Gasteiger partial charge in [0, 0.05) is 24.4 Å². The summed E-state index contributed by atoms with van der Waals surface area (Å²) < 4.78 is 5.62. The molecule has 0 atom stereocenters. The molecule has 1 saturated carbocycles. The molecule has 1 amide bonds. The van der Waals surface area contributed by atoms with Crippen molar-refractivity contribution in [3.63, 3.8) is 0 Å². The molecule has 1 aromatic rings. The van der Waals surface area contributed by atoms with Crippen molar-refractivity contribution in [1.29, 1.82) is 0 Å². The third kappa shape index (κ3) is 3.96. The highest BCUT2D eigenvalue weighted by Gasteiger charge is 2.17. The Bertz CT molecular complexity index is 442. The fourth-order valence-electron chi connectivity index (χ4n) is 2.02. The fourth-order valence-corrected chi connectivity index (χ4v) is 2.02. The van der Waals surface area contributed by atoms with Crippen LogP contribution in [0, 0.1) is 6.92 Å². The molecule has 0 heterocycles. The molecule has 0 aliphatic heterocycles. The fraction of sp³-hybridized carbons (Fsp3) is 0.533. The van der Waals surface area contributed by atoms with Crippen LogP contribution in [-0.2, 0) is 9.53 Å². The summed E-state index contributed by atoms with van der Waals surface area (Å²) in [5.41, 5.74) is 8.22. The van der Waals surface area contributed by atoms with E-state index in [-0.39, 0.29) is 5.91 Å². The molecule has 4 heteroatoms. The van der Waals surface area contributed by atoms with Crippen LogP contribution in [0.4, 0.5) is 11.4 Å². The van der Waals surface area contributed by atoms with Crippen molar-refractivity contribution < 1.29 is 9.53 Å². The first-order valence-electron chi connectivity index (χ1n) is 6.93. The predicted molar refractivity (Wildman–Crippen MR) is 77.0 cm³/mol. The third-order valence-electron chi connectivity index (χ3n) is 3.60. The first kappa shape index (κ1) is 13.9. The summed E-state index contributed by atoms with van der Waals surface area (Å²) in [6.45, 7) is 2.58. The molecule has 4 nitrogen and oxygen atoms in total. The normalized spacial score (nSPS) is 15.0. The van der Waals surface area contributed by atoms with Crippen molar-refractivity contribution in [2.75, 3.05) is 17.7 Å². The predicted octanol–water partition coefficient (Wildman–Crippen LogP) is 2.87. The van der Waals surface area contributed by atoms with Crippen molar-refractivity contribution >= 4 is 17.3 Å². The Balaban J connectivity index is 1.69. The zero-order valence-corrected chi connectivity index (χ0v) is 11.4. The average Bonchev–Trinajstić information content (AvgIpc) is 2.32. The maximum Gasteiger partial charge on any atom is 0.224 e. The molecule has 0 aromatic heterocycles. The number of hydrogen-bond donors (Lipinski definition) is 2. The maximum absolute atomic E-state index is 11.8. The van der Waals surface area contributed by atoms with Crippen LogP contribution in [0.15, 0.2) is 18.2 Å². The second-order valence-electron chi connectivity index (χ2n) is 5.10. The van der Waals surface area contributed by atoms with Gasteiger partial charge in [-0.15, -0.1) is 0 Å². The van der Waals surface area contributed by atoms with E-state index in [1.54, 1.807) is 0 Å². The molecule has 0 radical (unpaired) electrons. The highest BCUT2D eigenvalue weighted by molar-refractivity contribution is 5.92. The number of benzene rings is 1. The second kappa shape index (κ2) is 6.57. The van der Waals surface area contributed by atoms with Gasteiger partial charge < -0.3 is 15.8 Å². The smallest absolute Gasteiger partial charge is 0.224 e. The number of nitrogen functional groups attached to an aromatic ring is 1. The van der Waals surface area contributed by atoms with Crippen molar-refractivity contribution in [3.05, 3.63) is 23.8 Å². The minimum Gasteiger partial charge on any atom is -0.398 e. The van der Waals surface area contributed by atoms with Crippen LogP contribution in [0.5, 0.6) is 0 Å². The van der Waals surface area contributed by atoms with E-state index < -0.39 is 0 Å². The van der Waals surface area contributed by atoms with Gasteiger partial charge in [0.1, 0.15) is 0 Å². The molecule has 1 aromatic carbocycles. The van der Waals surface area contributed by atoms with Crippen LogP contribution in [0.1, 0.15) is 37.7 Å². The number of ether oxygens (including phenoxy) is 1. The number of nitrogens with two attached hydrogens (primary N) is 1. The molecular formula is C15H22N2O2. The molecule has 2 rings (SSSR count). The van der Waals surface area contributed by atoms with Gasteiger partial charge in [-0.3, -0.25) is 4.79 Å². The van der Waals surface area contributed by atoms with E-state index in [4.69, 9.17) is 10.5 Å². The number of rotatable bonds is 6. The molecule has 0 spiro atoms. The summed E-state index contributed by atoms with van der Waals surface area (Å²) in [5, 5.41) is 2.89. The van der Waals surface area contributed by atoms with Crippen LogP contribution >= 0.6 is 0 Å². The minimum atomic E-state index is 0.0194. The Morgan fingerprint density at radius 2 is 2.26 bits per heavy atom. The molecule has 0 saturated heterocycles.